The quantitative estimate of drug-likeness (QED) is 0.432. The zero-order chi connectivity index (χ0) is 24.1. The summed E-state index contributed by atoms with van der Waals surface area (Å²) < 4.78 is 44.2. The van der Waals surface area contributed by atoms with E-state index in [-0.39, 0.29) is 11.3 Å². The summed E-state index contributed by atoms with van der Waals surface area (Å²) >= 11 is 0. The smallest absolute Gasteiger partial charge is 0.514 e. The highest BCUT2D eigenvalue weighted by Gasteiger charge is 2.48. The topological polar surface area (TPSA) is 102 Å². The fourth-order valence-electron chi connectivity index (χ4n) is 4.58. The van der Waals surface area contributed by atoms with Gasteiger partial charge in [-0.05, 0) is 69.7 Å². The van der Waals surface area contributed by atoms with Crippen molar-refractivity contribution >= 4 is 18.1 Å². The number of ether oxygens (including phenoxy) is 3. The molecule has 2 saturated carbocycles. The van der Waals surface area contributed by atoms with Gasteiger partial charge in [0.2, 0.25) is 0 Å². The van der Waals surface area contributed by atoms with Crippen LogP contribution in [-0.2, 0) is 14.3 Å². The Balaban J connectivity index is 1.63. The van der Waals surface area contributed by atoms with Gasteiger partial charge in [0.1, 0.15) is 17.3 Å². The summed E-state index contributed by atoms with van der Waals surface area (Å²) in [4.78, 5) is 35.6. The SMILES string of the molecule is CC1(OC(=O)Oc2ccc(C(=O)OC(C3CCCCC3)C(F)(F)C(=O)[O-])cc2)CCCCC1. The van der Waals surface area contributed by atoms with Gasteiger partial charge in [-0.3, -0.25) is 0 Å². The minimum atomic E-state index is -4.31. The Morgan fingerprint density at radius 2 is 1.58 bits per heavy atom. The molecule has 0 spiro atoms. The minimum absolute atomic E-state index is 0.0788. The predicted octanol–water partition coefficient (Wildman–Crippen LogP) is 4.42. The number of alkyl halides is 2. The molecule has 1 aromatic rings. The van der Waals surface area contributed by atoms with E-state index in [1.165, 1.54) is 24.3 Å². The van der Waals surface area contributed by atoms with Crippen molar-refractivity contribution in [3.05, 3.63) is 29.8 Å². The number of carboxylic acid groups (broad SMARTS) is 1. The molecule has 0 aliphatic heterocycles. The first-order chi connectivity index (χ1) is 15.6. The summed E-state index contributed by atoms with van der Waals surface area (Å²) in [5.74, 6) is -8.62. The standard InChI is InChI=1S/C24H30F2O7/c1-23(14-6-3-7-15-23)33-22(30)31-18-12-10-17(11-13-18)20(27)32-19(24(25,26)21(28)29)16-8-4-2-5-9-16/h10-13,16,19H,2-9,14-15H2,1H3,(H,28,29)/p-1. The van der Waals surface area contributed by atoms with E-state index >= 15 is 0 Å². The number of rotatable bonds is 7. The van der Waals surface area contributed by atoms with Crippen molar-refractivity contribution in [2.45, 2.75) is 88.8 Å². The van der Waals surface area contributed by atoms with Crippen LogP contribution >= 0.6 is 0 Å². The van der Waals surface area contributed by atoms with Gasteiger partial charge in [-0.25, -0.2) is 9.59 Å². The molecule has 0 N–H and O–H groups in total. The zero-order valence-corrected chi connectivity index (χ0v) is 18.6. The number of aliphatic carboxylic acids is 1. The number of esters is 1. The van der Waals surface area contributed by atoms with E-state index in [4.69, 9.17) is 14.2 Å². The van der Waals surface area contributed by atoms with Gasteiger partial charge in [-0.15, -0.1) is 0 Å². The Morgan fingerprint density at radius 3 is 2.15 bits per heavy atom. The molecule has 0 heterocycles. The number of carbonyl (C=O) groups excluding carboxylic acids is 3. The number of hydrogen-bond acceptors (Lipinski definition) is 7. The molecule has 2 aliphatic rings. The summed E-state index contributed by atoms with van der Waals surface area (Å²) in [6, 6.07) is 5.13. The van der Waals surface area contributed by atoms with Crippen LogP contribution in [0.4, 0.5) is 13.6 Å². The predicted molar refractivity (Wildman–Crippen MR) is 111 cm³/mol. The van der Waals surface area contributed by atoms with Crippen molar-refractivity contribution in [1.29, 1.82) is 0 Å². The maximum atomic E-state index is 14.3. The summed E-state index contributed by atoms with van der Waals surface area (Å²) in [5.41, 5.74) is -0.651. The van der Waals surface area contributed by atoms with E-state index in [2.05, 4.69) is 0 Å². The third-order valence-electron chi connectivity index (χ3n) is 6.47. The molecule has 1 unspecified atom stereocenters. The van der Waals surface area contributed by atoms with Crippen LogP contribution in [0.3, 0.4) is 0 Å². The lowest BCUT2D eigenvalue weighted by Crippen LogP contribution is -2.54. The Hall–Kier alpha value is -2.71. The van der Waals surface area contributed by atoms with Crippen molar-refractivity contribution in [3.63, 3.8) is 0 Å². The van der Waals surface area contributed by atoms with Crippen LogP contribution in [0.25, 0.3) is 0 Å². The summed E-state index contributed by atoms with van der Waals surface area (Å²) in [6.07, 6.45) is 4.43. The molecule has 7 nitrogen and oxygen atoms in total. The monoisotopic (exact) mass is 467 g/mol. The molecule has 0 bridgehead atoms. The molecular formula is C24H29F2O7-. The fourth-order valence-corrected chi connectivity index (χ4v) is 4.58. The molecule has 0 radical (unpaired) electrons. The van der Waals surface area contributed by atoms with Crippen LogP contribution in [0.5, 0.6) is 5.75 Å². The highest BCUT2D eigenvalue weighted by atomic mass is 19.3. The Morgan fingerprint density at radius 1 is 1.00 bits per heavy atom. The Labute approximate surface area is 191 Å². The molecule has 1 aromatic carbocycles. The second kappa shape index (κ2) is 10.5. The van der Waals surface area contributed by atoms with Crippen molar-refractivity contribution in [2.24, 2.45) is 5.92 Å². The molecule has 3 rings (SSSR count). The summed E-state index contributed by atoms with van der Waals surface area (Å²) in [7, 11) is 0. The Kier molecular flexibility index (Phi) is 7.92. The van der Waals surface area contributed by atoms with Gasteiger partial charge in [0.15, 0.2) is 6.10 Å². The number of benzene rings is 1. The van der Waals surface area contributed by atoms with E-state index in [9.17, 15) is 28.3 Å². The summed E-state index contributed by atoms with van der Waals surface area (Å²) in [6.45, 7) is 1.86. The molecule has 2 aliphatic carbocycles. The lowest BCUT2D eigenvalue weighted by atomic mass is 9.83. The van der Waals surface area contributed by atoms with Gasteiger partial charge in [0.05, 0.1) is 5.56 Å². The van der Waals surface area contributed by atoms with Crippen LogP contribution < -0.4 is 9.84 Å². The molecular weight excluding hydrogens is 438 g/mol. The van der Waals surface area contributed by atoms with Crippen LogP contribution in [0.1, 0.15) is 81.5 Å². The van der Waals surface area contributed by atoms with Crippen LogP contribution in [0.15, 0.2) is 24.3 Å². The first-order valence-corrected chi connectivity index (χ1v) is 11.4. The maximum Gasteiger partial charge on any atom is 0.514 e. The van der Waals surface area contributed by atoms with Gasteiger partial charge in [-0.1, -0.05) is 25.7 Å². The van der Waals surface area contributed by atoms with Gasteiger partial charge in [0, 0.05) is 5.92 Å². The lowest BCUT2D eigenvalue weighted by molar-refractivity contribution is -0.337. The van der Waals surface area contributed by atoms with Gasteiger partial charge < -0.3 is 24.1 Å². The normalized spacial score (nSPS) is 19.8. The molecule has 33 heavy (non-hydrogen) atoms. The average Bonchev–Trinajstić information content (AvgIpc) is 2.78. The molecule has 9 heteroatoms. The number of hydrogen-bond donors (Lipinski definition) is 0. The van der Waals surface area contributed by atoms with Gasteiger partial charge in [0.25, 0.3) is 0 Å². The maximum absolute atomic E-state index is 14.3. The van der Waals surface area contributed by atoms with E-state index in [0.717, 1.165) is 38.5 Å². The second-order valence-electron chi connectivity index (χ2n) is 9.12. The van der Waals surface area contributed by atoms with E-state index < -0.39 is 41.6 Å². The molecule has 0 aromatic heterocycles. The van der Waals surface area contributed by atoms with Crippen molar-refractivity contribution < 1.29 is 42.5 Å². The molecule has 0 saturated heterocycles. The third-order valence-corrected chi connectivity index (χ3v) is 6.47. The molecule has 182 valence electrons. The zero-order valence-electron chi connectivity index (χ0n) is 18.6. The fraction of sp³-hybridized carbons (Fsp3) is 0.625. The number of carbonyl (C=O) groups is 3. The molecule has 2 fully saturated rings. The van der Waals surface area contributed by atoms with Gasteiger partial charge >= 0.3 is 18.0 Å². The first kappa shape index (κ1) is 24.9. The number of halogens is 2. The van der Waals surface area contributed by atoms with Crippen LogP contribution in [0, 0.1) is 5.92 Å². The lowest BCUT2D eigenvalue weighted by Gasteiger charge is -2.35. The molecule has 0 amide bonds. The largest absolute Gasteiger partial charge is 0.544 e. The van der Waals surface area contributed by atoms with Crippen LogP contribution in [-0.4, -0.2) is 35.7 Å². The summed E-state index contributed by atoms with van der Waals surface area (Å²) in [5, 5.41) is 11.0. The highest BCUT2D eigenvalue weighted by molar-refractivity contribution is 5.90. The van der Waals surface area contributed by atoms with Crippen LogP contribution in [0.2, 0.25) is 0 Å². The van der Waals surface area contributed by atoms with Crippen molar-refractivity contribution in [2.75, 3.05) is 0 Å². The van der Waals surface area contributed by atoms with E-state index in [1.807, 2.05) is 6.92 Å². The van der Waals surface area contributed by atoms with Gasteiger partial charge in [-0.2, -0.15) is 8.78 Å². The van der Waals surface area contributed by atoms with E-state index in [1.54, 1.807) is 0 Å². The van der Waals surface area contributed by atoms with Crippen molar-refractivity contribution in [1.82, 2.24) is 0 Å². The van der Waals surface area contributed by atoms with Crippen molar-refractivity contribution in [3.8, 4) is 5.75 Å². The highest BCUT2D eigenvalue weighted by Crippen LogP contribution is 2.36. The second-order valence-corrected chi connectivity index (χ2v) is 9.12. The first-order valence-electron chi connectivity index (χ1n) is 11.4. The Bertz CT molecular complexity index is 841. The van der Waals surface area contributed by atoms with E-state index in [0.29, 0.717) is 25.7 Å². The third kappa shape index (κ3) is 6.42. The average molecular weight is 467 g/mol. The molecule has 1 atom stereocenters. The minimum Gasteiger partial charge on any atom is -0.544 e. The number of carboxylic acids is 1.